The predicted molar refractivity (Wildman–Crippen MR) is 152 cm³/mol. The molecule has 38 heavy (non-hydrogen) atoms. The van der Waals surface area contributed by atoms with E-state index >= 15 is 0 Å². The molecular formula is C32H50NO4P. The lowest BCUT2D eigenvalue weighted by molar-refractivity contribution is -0.236. The van der Waals surface area contributed by atoms with Gasteiger partial charge in [-0.1, -0.05) is 52.4 Å². The van der Waals surface area contributed by atoms with Crippen LogP contribution in [0.15, 0.2) is 17.8 Å². The highest BCUT2D eigenvalue weighted by Gasteiger charge is 2.72. The monoisotopic (exact) mass is 543 g/mol. The normalized spacial score (nSPS) is 49.8. The largest absolute Gasteiger partial charge is 0.481 e. The van der Waals surface area contributed by atoms with E-state index in [1.807, 2.05) is 6.92 Å². The van der Waals surface area contributed by atoms with Crippen molar-refractivity contribution in [3.8, 4) is 0 Å². The third-order valence-corrected chi connectivity index (χ3v) is 15.1. The van der Waals surface area contributed by atoms with E-state index in [0.29, 0.717) is 32.8 Å². The van der Waals surface area contributed by atoms with Crippen LogP contribution in [0.5, 0.6) is 0 Å². The highest BCUT2D eigenvalue weighted by Crippen LogP contribution is 2.77. The van der Waals surface area contributed by atoms with Crippen molar-refractivity contribution in [2.75, 3.05) is 6.61 Å². The van der Waals surface area contributed by atoms with Gasteiger partial charge in [-0.3, -0.25) is 9.36 Å². The zero-order valence-electron chi connectivity index (χ0n) is 24.6. The number of rotatable bonds is 6. The number of aliphatic carboxylic acids is 1. The summed E-state index contributed by atoms with van der Waals surface area (Å²) < 4.78 is 12.1. The lowest BCUT2D eigenvalue weighted by Gasteiger charge is -2.72. The molecule has 5 fully saturated rings. The van der Waals surface area contributed by atoms with Crippen LogP contribution in [0.4, 0.5) is 0 Å². The SMILES string of the molecule is C=CCO/N=C(/C)C1CCC2(C(=O)O)CCC3(C)C(CCC4[C@@]5(C)CCC(P=O)C(C)(C)C5CC[C@]43C)C12. The standard InChI is InChI=1S/C32H50NO4P/c1-8-19-37-33-20(2)21-11-16-32(27(34)35)18-17-30(6)22(26(21)32)9-10-24-29(5)14-13-25(38-36)28(3,4)23(29)12-15-31(24,30)7/h8,21-26H,1,9-19H2,2-7H3,(H,34,35)/b33-20-/t21?,22?,23?,24?,25?,26?,29-,30?,31+,32?/m0/s1. The Morgan fingerprint density at radius 3 is 2.37 bits per heavy atom. The second-order valence-corrected chi connectivity index (χ2v) is 15.9. The molecule has 8 unspecified atom stereocenters. The average Bonchev–Trinajstić information content (AvgIpc) is 3.25. The molecule has 5 aliphatic rings. The van der Waals surface area contributed by atoms with Gasteiger partial charge in [-0.05, 0) is 116 Å². The van der Waals surface area contributed by atoms with Crippen molar-refractivity contribution >= 4 is 20.1 Å². The number of oxime groups is 1. The fourth-order valence-corrected chi connectivity index (χ4v) is 12.6. The summed E-state index contributed by atoms with van der Waals surface area (Å²) in [6.07, 6.45) is 12.0. The Morgan fingerprint density at radius 1 is 0.974 bits per heavy atom. The minimum absolute atomic E-state index is 0.0793. The number of carboxylic acid groups (broad SMARTS) is 1. The lowest BCUT2D eigenvalue weighted by atomic mass is 9.32. The molecule has 0 aliphatic heterocycles. The van der Waals surface area contributed by atoms with Gasteiger partial charge in [0.2, 0.25) is 0 Å². The van der Waals surface area contributed by atoms with Crippen LogP contribution in [0, 0.1) is 56.7 Å². The van der Waals surface area contributed by atoms with Crippen LogP contribution in [0.25, 0.3) is 0 Å². The Morgan fingerprint density at radius 2 is 1.71 bits per heavy atom. The van der Waals surface area contributed by atoms with E-state index in [9.17, 15) is 14.5 Å². The second kappa shape index (κ2) is 9.42. The van der Waals surface area contributed by atoms with Crippen LogP contribution in [0.1, 0.15) is 106 Å². The maximum absolute atomic E-state index is 13.0. The molecule has 0 amide bonds. The van der Waals surface area contributed by atoms with E-state index in [1.165, 1.54) is 25.7 Å². The van der Waals surface area contributed by atoms with Crippen LogP contribution < -0.4 is 0 Å². The summed E-state index contributed by atoms with van der Waals surface area (Å²) >= 11 is 0. The summed E-state index contributed by atoms with van der Waals surface area (Å²) in [5.41, 5.74) is 1.20. The van der Waals surface area contributed by atoms with E-state index in [0.717, 1.165) is 44.2 Å². The summed E-state index contributed by atoms with van der Waals surface area (Å²) in [6, 6.07) is 0. The van der Waals surface area contributed by atoms with Gasteiger partial charge < -0.3 is 9.94 Å². The number of carbonyl (C=O) groups is 1. The molecule has 212 valence electrons. The van der Waals surface area contributed by atoms with Crippen LogP contribution in [-0.2, 0) is 14.2 Å². The molecule has 0 radical (unpaired) electrons. The minimum Gasteiger partial charge on any atom is -0.481 e. The molecule has 5 nitrogen and oxygen atoms in total. The second-order valence-electron chi connectivity index (χ2n) is 15.1. The van der Waals surface area contributed by atoms with Crippen LogP contribution >= 0.6 is 8.46 Å². The van der Waals surface area contributed by atoms with E-state index < -0.39 is 11.4 Å². The fourth-order valence-electron chi connectivity index (χ4n) is 11.9. The molecule has 5 saturated carbocycles. The summed E-state index contributed by atoms with van der Waals surface area (Å²) in [4.78, 5) is 18.5. The van der Waals surface area contributed by atoms with Crippen molar-refractivity contribution in [3.05, 3.63) is 12.7 Å². The molecule has 0 aromatic rings. The zero-order valence-corrected chi connectivity index (χ0v) is 25.5. The van der Waals surface area contributed by atoms with Crippen LogP contribution in [0.3, 0.4) is 0 Å². The van der Waals surface area contributed by atoms with Gasteiger partial charge in [0.05, 0.1) is 11.1 Å². The lowest BCUT2D eigenvalue weighted by Crippen LogP contribution is -2.66. The first kappa shape index (κ1) is 28.3. The summed E-state index contributed by atoms with van der Waals surface area (Å²) in [7, 11) is 0.317. The molecule has 10 atom stereocenters. The first-order chi connectivity index (χ1) is 17.8. The number of hydrogen-bond donors (Lipinski definition) is 1. The molecule has 0 saturated heterocycles. The van der Waals surface area contributed by atoms with Crippen LogP contribution in [0.2, 0.25) is 0 Å². The van der Waals surface area contributed by atoms with Gasteiger partial charge >= 0.3 is 5.97 Å². The van der Waals surface area contributed by atoms with Crippen molar-refractivity contribution in [2.45, 2.75) is 111 Å². The number of carboxylic acids is 1. The molecule has 6 heteroatoms. The molecule has 5 rings (SSSR count). The third kappa shape index (κ3) is 3.61. The molecule has 0 aromatic heterocycles. The molecule has 0 spiro atoms. The smallest absolute Gasteiger partial charge is 0.309 e. The number of hydrogen-bond acceptors (Lipinski definition) is 4. The van der Waals surface area contributed by atoms with Gasteiger partial charge in [-0.2, -0.15) is 0 Å². The zero-order chi connectivity index (χ0) is 27.7. The summed E-state index contributed by atoms with van der Waals surface area (Å²) in [6.45, 7) is 18.6. The van der Waals surface area contributed by atoms with Gasteiger partial charge in [0, 0.05) is 11.6 Å². The van der Waals surface area contributed by atoms with E-state index in [4.69, 9.17) is 4.84 Å². The van der Waals surface area contributed by atoms with Crippen LogP contribution in [-0.4, -0.2) is 29.1 Å². The Kier molecular flexibility index (Phi) is 7.02. The fraction of sp³-hybridized carbons (Fsp3) is 0.875. The molecule has 1 N–H and O–H groups in total. The predicted octanol–water partition coefficient (Wildman–Crippen LogP) is 8.39. The Labute approximate surface area is 231 Å². The van der Waals surface area contributed by atoms with Gasteiger partial charge in [0.1, 0.15) is 6.61 Å². The summed E-state index contributed by atoms with van der Waals surface area (Å²) in [5.74, 6) is 1.29. The molecule has 0 bridgehead atoms. The molecule has 0 aromatic carbocycles. The Balaban J connectivity index is 1.53. The molecular weight excluding hydrogens is 493 g/mol. The maximum Gasteiger partial charge on any atom is 0.309 e. The van der Waals surface area contributed by atoms with E-state index in [2.05, 4.69) is 46.4 Å². The summed E-state index contributed by atoms with van der Waals surface area (Å²) in [5, 5.41) is 15.1. The van der Waals surface area contributed by atoms with Crippen molar-refractivity contribution in [1.82, 2.24) is 0 Å². The van der Waals surface area contributed by atoms with Crippen molar-refractivity contribution < 1.29 is 19.3 Å². The van der Waals surface area contributed by atoms with E-state index in [1.54, 1.807) is 6.08 Å². The average molecular weight is 544 g/mol. The van der Waals surface area contributed by atoms with Gasteiger partial charge in [0.25, 0.3) is 0 Å². The number of fused-ring (bicyclic) bond motifs is 7. The highest BCUT2D eigenvalue weighted by atomic mass is 31.1. The Bertz CT molecular complexity index is 1020. The molecule has 0 heterocycles. The third-order valence-electron chi connectivity index (χ3n) is 13.9. The van der Waals surface area contributed by atoms with Gasteiger partial charge in [-0.25, -0.2) is 0 Å². The van der Waals surface area contributed by atoms with Gasteiger partial charge in [0.15, 0.2) is 8.46 Å². The first-order valence-corrected chi connectivity index (χ1v) is 16.0. The number of nitrogens with zero attached hydrogens (tertiary/aromatic N) is 1. The van der Waals surface area contributed by atoms with Crippen molar-refractivity contribution in [3.63, 3.8) is 0 Å². The van der Waals surface area contributed by atoms with E-state index in [-0.39, 0.29) is 39.2 Å². The van der Waals surface area contributed by atoms with Crippen molar-refractivity contribution in [2.24, 2.45) is 61.8 Å². The minimum atomic E-state index is -0.637. The quantitative estimate of drug-likeness (QED) is 0.120. The first-order valence-electron chi connectivity index (χ1n) is 15.2. The molecule has 5 aliphatic carbocycles. The topological polar surface area (TPSA) is 76.0 Å². The maximum atomic E-state index is 13.0. The van der Waals surface area contributed by atoms with Gasteiger partial charge in [-0.15, -0.1) is 0 Å². The highest BCUT2D eigenvalue weighted by molar-refractivity contribution is 7.24. The Hall–Kier alpha value is -1.22. The van der Waals surface area contributed by atoms with Crippen molar-refractivity contribution in [1.29, 1.82) is 0 Å².